The van der Waals surface area contributed by atoms with Gasteiger partial charge in [-0.3, -0.25) is 0 Å². The van der Waals surface area contributed by atoms with Crippen LogP contribution >= 0.6 is 11.3 Å². The highest BCUT2D eigenvalue weighted by Crippen LogP contribution is 2.30. The first kappa shape index (κ1) is 12.7. The van der Waals surface area contributed by atoms with Gasteiger partial charge in [-0.05, 0) is 38.9 Å². The van der Waals surface area contributed by atoms with Crippen molar-refractivity contribution in [1.82, 2.24) is 5.32 Å². The Labute approximate surface area is 97.9 Å². The standard InChI is InChI=1S/C13H23NS/c1-5-6-7-8-12(14-4)13-10(2)9-11(3)15-13/h9,12,14H,5-8H2,1-4H3. The number of nitrogens with one attached hydrogen (secondary N) is 1. The van der Waals surface area contributed by atoms with E-state index in [0.717, 1.165) is 0 Å². The molecule has 1 aromatic heterocycles. The topological polar surface area (TPSA) is 12.0 Å². The van der Waals surface area contributed by atoms with Gasteiger partial charge in [0.1, 0.15) is 0 Å². The third-order valence-corrected chi connectivity index (χ3v) is 4.11. The van der Waals surface area contributed by atoms with Crippen molar-refractivity contribution in [2.24, 2.45) is 0 Å². The van der Waals surface area contributed by atoms with Gasteiger partial charge >= 0.3 is 0 Å². The van der Waals surface area contributed by atoms with Gasteiger partial charge in [0.25, 0.3) is 0 Å². The molecule has 0 amide bonds. The van der Waals surface area contributed by atoms with Gasteiger partial charge < -0.3 is 5.32 Å². The molecule has 1 atom stereocenters. The Kier molecular flexibility index (Phi) is 5.34. The quantitative estimate of drug-likeness (QED) is 0.715. The Morgan fingerprint density at radius 1 is 1.33 bits per heavy atom. The third-order valence-electron chi connectivity index (χ3n) is 2.84. The second kappa shape index (κ2) is 6.29. The lowest BCUT2D eigenvalue weighted by Crippen LogP contribution is -2.15. The van der Waals surface area contributed by atoms with Crippen LogP contribution < -0.4 is 5.32 Å². The molecule has 1 unspecified atom stereocenters. The maximum Gasteiger partial charge on any atom is 0.0415 e. The molecule has 86 valence electrons. The predicted octanol–water partition coefficient (Wildman–Crippen LogP) is 4.21. The second-order valence-corrected chi connectivity index (χ2v) is 5.53. The lowest BCUT2D eigenvalue weighted by molar-refractivity contribution is 0.517. The molecule has 0 spiro atoms. The minimum Gasteiger partial charge on any atom is -0.312 e. The predicted molar refractivity (Wildman–Crippen MR) is 69.7 cm³/mol. The Balaban J connectivity index is 2.61. The van der Waals surface area contributed by atoms with E-state index in [1.807, 2.05) is 11.3 Å². The Morgan fingerprint density at radius 3 is 2.53 bits per heavy atom. The van der Waals surface area contributed by atoms with Crippen LogP contribution in [0.25, 0.3) is 0 Å². The van der Waals surface area contributed by atoms with E-state index in [9.17, 15) is 0 Å². The highest BCUT2D eigenvalue weighted by molar-refractivity contribution is 7.12. The van der Waals surface area contributed by atoms with Crippen LogP contribution in [-0.2, 0) is 0 Å². The molecule has 0 aliphatic heterocycles. The van der Waals surface area contributed by atoms with Crippen molar-refractivity contribution in [3.05, 3.63) is 21.4 Å². The van der Waals surface area contributed by atoms with E-state index >= 15 is 0 Å². The summed E-state index contributed by atoms with van der Waals surface area (Å²) < 4.78 is 0. The highest BCUT2D eigenvalue weighted by atomic mass is 32.1. The van der Waals surface area contributed by atoms with Gasteiger partial charge in [-0.2, -0.15) is 0 Å². The molecule has 0 aliphatic rings. The van der Waals surface area contributed by atoms with Gasteiger partial charge in [0.05, 0.1) is 0 Å². The van der Waals surface area contributed by atoms with Crippen LogP contribution in [0.2, 0.25) is 0 Å². The molecule has 1 heterocycles. The summed E-state index contributed by atoms with van der Waals surface area (Å²) in [6.07, 6.45) is 5.25. The minimum atomic E-state index is 0.565. The number of hydrogen-bond donors (Lipinski definition) is 1. The number of aryl methyl sites for hydroxylation is 2. The molecule has 1 nitrogen and oxygen atoms in total. The first-order chi connectivity index (χ1) is 7.19. The van der Waals surface area contributed by atoms with Crippen molar-refractivity contribution in [3.63, 3.8) is 0 Å². The van der Waals surface area contributed by atoms with Crippen LogP contribution in [0.5, 0.6) is 0 Å². The molecule has 0 bridgehead atoms. The molecular weight excluding hydrogens is 202 g/mol. The highest BCUT2D eigenvalue weighted by Gasteiger charge is 2.13. The van der Waals surface area contributed by atoms with Gasteiger partial charge in [-0.15, -0.1) is 11.3 Å². The monoisotopic (exact) mass is 225 g/mol. The fourth-order valence-electron chi connectivity index (χ4n) is 2.01. The largest absolute Gasteiger partial charge is 0.312 e. The Morgan fingerprint density at radius 2 is 2.07 bits per heavy atom. The van der Waals surface area contributed by atoms with E-state index < -0.39 is 0 Å². The molecule has 1 aromatic rings. The van der Waals surface area contributed by atoms with E-state index in [1.54, 1.807) is 0 Å². The van der Waals surface area contributed by atoms with Crippen LogP contribution in [-0.4, -0.2) is 7.05 Å². The van der Waals surface area contributed by atoms with Gasteiger partial charge in [0, 0.05) is 15.8 Å². The van der Waals surface area contributed by atoms with Crippen LogP contribution in [0.3, 0.4) is 0 Å². The molecule has 2 heteroatoms. The van der Waals surface area contributed by atoms with Crippen molar-refractivity contribution in [1.29, 1.82) is 0 Å². The summed E-state index contributed by atoms with van der Waals surface area (Å²) in [4.78, 5) is 2.96. The molecule has 0 saturated carbocycles. The van der Waals surface area contributed by atoms with Crippen molar-refractivity contribution in [2.45, 2.75) is 52.5 Å². The zero-order valence-corrected chi connectivity index (χ0v) is 11.2. The van der Waals surface area contributed by atoms with Gasteiger partial charge in [-0.25, -0.2) is 0 Å². The van der Waals surface area contributed by atoms with Crippen LogP contribution in [0, 0.1) is 13.8 Å². The van der Waals surface area contributed by atoms with E-state index in [4.69, 9.17) is 0 Å². The zero-order valence-electron chi connectivity index (χ0n) is 10.4. The summed E-state index contributed by atoms with van der Waals surface area (Å²) in [6, 6.07) is 2.86. The average Bonchev–Trinajstić information content (AvgIpc) is 2.53. The molecule has 1 rings (SSSR count). The summed E-state index contributed by atoms with van der Waals surface area (Å²) >= 11 is 1.94. The van der Waals surface area contributed by atoms with Crippen LogP contribution in [0.4, 0.5) is 0 Å². The summed E-state index contributed by atoms with van der Waals surface area (Å²) in [5, 5.41) is 3.44. The molecule has 0 radical (unpaired) electrons. The molecule has 0 aromatic carbocycles. The Bertz CT molecular complexity index is 291. The number of unbranched alkanes of at least 4 members (excludes halogenated alkanes) is 2. The molecule has 0 fully saturated rings. The smallest absolute Gasteiger partial charge is 0.0415 e. The van der Waals surface area contributed by atoms with Crippen molar-refractivity contribution >= 4 is 11.3 Å². The van der Waals surface area contributed by atoms with E-state index in [2.05, 4.69) is 39.2 Å². The average molecular weight is 225 g/mol. The molecule has 0 saturated heterocycles. The first-order valence-corrected chi connectivity index (χ1v) is 6.74. The van der Waals surface area contributed by atoms with Crippen molar-refractivity contribution < 1.29 is 0 Å². The number of rotatable bonds is 6. The second-order valence-electron chi connectivity index (χ2n) is 4.24. The molecular formula is C13H23NS. The first-order valence-electron chi connectivity index (χ1n) is 5.93. The maximum atomic E-state index is 3.44. The normalized spacial score (nSPS) is 13.1. The number of hydrogen-bond acceptors (Lipinski definition) is 2. The minimum absolute atomic E-state index is 0.565. The third kappa shape index (κ3) is 3.62. The summed E-state index contributed by atoms with van der Waals surface area (Å²) in [7, 11) is 2.07. The molecule has 0 aliphatic carbocycles. The van der Waals surface area contributed by atoms with Gasteiger partial charge in [0.15, 0.2) is 0 Å². The summed E-state index contributed by atoms with van der Waals surface area (Å²) in [5.41, 5.74) is 1.45. The van der Waals surface area contributed by atoms with Crippen molar-refractivity contribution in [2.75, 3.05) is 7.05 Å². The lowest BCUT2D eigenvalue weighted by Gasteiger charge is -2.15. The van der Waals surface area contributed by atoms with Crippen LogP contribution in [0.15, 0.2) is 6.07 Å². The van der Waals surface area contributed by atoms with Crippen molar-refractivity contribution in [3.8, 4) is 0 Å². The SMILES string of the molecule is CCCCCC(NC)c1sc(C)cc1C. The summed E-state index contributed by atoms with van der Waals surface area (Å²) in [6.45, 7) is 6.68. The van der Waals surface area contributed by atoms with E-state index in [-0.39, 0.29) is 0 Å². The summed E-state index contributed by atoms with van der Waals surface area (Å²) in [5.74, 6) is 0. The lowest BCUT2D eigenvalue weighted by atomic mass is 10.0. The Hall–Kier alpha value is -0.340. The maximum absolute atomic E-state index is 3.44. The molecule has 1 N–H and O–H groups in total. The van der Waals surface area contributed by atoms with E-state index in [1.165, 1.54) is 41.0 Å². The fraction of sp³-hybridized carbons (Fsp3) is 0.692. The van der Waals surface area contributed by atoms with Gasteiger partial charge in [0.2, 0.25) is 0 Å². The van der Waals surface area contributed by atoms with Gasteiger partial charge in [-0.1, -0.05) is 26.2 Å². The molecule has 15 heavy (non-hydrogen) atoms. The van der Waals surface area contributed by atoms with Crippen LogP contribution in [0.1, 0.15) is 54.0 Å². The van der Waals surface area contributed by atoms with E-state index in [0.29, 0.717) is 6.04 Å². The zero-order chi connectivity index (χ0) is 11.3. The fourth-order valence-corrected chi connectivity index (χ4v) is 3.19. The number of thiophene rings is 1.